The Balaban J connectivity index is 1.89. The molecule has 2 rings (SSSR count). The number of aliphatic imine (C=N–C) groups is 1. The number of guanidine groups is 1. The van der Waals surface area contributed by atoms with Gasteiger partial charge in [-0.05, 0) is 37.6 Å². The first kappa shape index (κ1) is 21.6. The van der Waals surface area contributed by atoms with Crippen LogP contribution in [0.1, 0.15) is 13.3 Å². The zero-order valence-electron chi connectivity index (χ0n) is 16.4. The molecule has 0 aliphatic carbocycles. The summed E-state index contributed by atoms with van der Waals surface area (Å²) in [6, 6.07) is 14.0. The van der Waals surface area contributed by atoms with Crippen LogP contribution in [0.3, 0.4) is 0 Å². The van der Waals surface area contributed by atoms with Gasteiger partial charge in [0.05, 0.1) is 24.4 Å². The maximum Gasteiger partial charge on any atom is 0.195 e. The third-order valence-electron chi connectivity index (χ3n) is 3.93. The summed E-state index contributed by atoms with van der Waals surface area (Å²) in [5.41, 5.74) is 0.786. The van der Waals surface area contributed by atoms with E-state index >= 15 is 0 Å². The molecule has 0 bridgehead atoms. The van der Waals surface area contributed by atoms with E-state index < -0.39 is 9.84 Å². The molecule has 0 heterocycles. The molecular weight excluding hydrogens is 378 g/mol. The summed E-state index contributed by atoms with van der Waals surface area (Å²) >= 11 is 0. The predicted molar refractivity (Wildman–Crippen MR) is 112 cm³/mol. The second kappa shape index (κ2) is 10.6. The summed E-state index contributed by atoms with van der Waals surface area (Å²) < 4.78 is 35.4. The van der Waals surface area contributed by atoms with Crippen molar-refractivity contribution in [2.24, 2.45) is 4.99 Å². The van der Waals surface area contributed by atoms with E-state index in [1.165, 1.54) is 0 Å². The lowest BCUT2D eigenvalue weighted by Gasteiger charge is -2.14. The number of anilines is 1. The fourth-order valence-corrected chi connectivity index (χ4v) is 3.89. The summed E-state index contributed by atoms with van der Waals surface area (Å²) in [6.45, 7) is 2.91. The summed E-state index contributed by atoms with van der Waals surface area (Å²) in [6.07, 6.45) is 0.463. The first-order valence-corrected chi connectivity index (χ1v) is 10.7. The standard InChI is InChI=1S/C20H27N3O4S/c1-4-27-19-15-16(11-12-18(19)26-3)23-20(21-2)22-13-8-14-28(24,25)17-9-6-5-7-10-17/h5-7,9-12,15H,4,8,13-14H2,1-3H3,(H2,21,22,23). The topological polar surface area (TPSA) is 89.0 Å². The van der Waals surface area contributed by atoms with Crippen LogP contribution in [0.4, 0.5) is 5.69 Å². The quantitative estimate of drug-likeness (QED) is 0.379. The van der Waals surface area contributed by atoms with Crippen molar-refractivity contribution in [1.82, 2.24) is 5.32 Å². The lowest BCUT2D eigenvalue weighted by molar-refractivity contribution is 0.311. The van der Waals surface area contributed by atoms with Crippen molar-refractivity contribution in [2.45, 2.75) is 18.2 Å². The Labute approximate surface area is 166 Å². The second-order valence-electron chi connectivity index (χ2n) is 5.91. The second-order valence-corrected chi connectivity index (χ2v) is 8.02. The van der Waals surface area contributed by atoms with Crippen molar-refractivity contribution in [2.75, 3.05) is 38.4 Å². The SMILES string of the molecule is CCOc1cc(NC(=NC)NCCCS(=O)(=O)c2ccccc2)ccc1OC. The molecule has 0 spiro atoms. The molecular formula is C20H27N3O4S. The zero-order chi connectivity index (χ0) is 20.4. The highest BCUT2D eigenvalue weighted by Gasteiger charge is 2.13. The molecule has 0 saturated heterocycles. The Bertz CT molecular complexity index is 884. The highest BCUT2D eigenvalue weighted by molar-refractivity contribution is 7.91. The molecule has 0 radical (unpaired) electrons. The molecule has 0 aliphatic rings. The smallest absolute Gasteiger partial charge is 0.195 e. The number of sulfone groups is 1. The van der Waals surface area contributed by atoms with Crippen LogP contribution < -0.4 is 20.1 Å². The van der Waals surface area contributed by atoms with E-state index in [-0.39, 0.29) is 5.75 Å². The Morgan fingerprint density at radius 3 is 2.50 bits per heavy atom. The van der Waals surface area contributed by atoms with Gasteiger partial charge in [0.25, 0.3) is 0 Å². The molecule has 2 aromatic carbocycles. The van der Waals surface area contributed by atoms with Gasteiger partial charge in [0, 0.05) is 25.3 Å². The molecule has 28 heavy (non-hydrogen) atoms. The van der Waals surface area contributed by atoms with Crippen LogP contribution in [-0.4, -0.2) is 47.4 Å². The number of rotatable bonds is 9. The Kier molecular flexibility index (Phi) is 8.13. The van der Waals surface area contributed by atoms with E-state index in [1.54, 1.807) is 44.5 Å². The molecule has 0 unspecified atom stereocenters. The van der Waals surface area contributed by atoms with E-state index in [4.69, 9.17) is 9.47 Å². The van der Waals surface area contributed by atoms with Crippen LogP contribution in [0, 0.1) is 0 Å². The maximum absolute atomic E-state index is 12.3. The molecule has 0 aliphatic heterocycles. The van der Waals surface area contributed by atoms with Crippen molar-refractivity contribution in [3.63, 3.8) is 0 Å². The monoisotopic (exact) mass is 405 g/mol. The van der Waals surface area contributed by atoms with Gasteiger partial charge in [-0.15, -0.1) is 0 Å². The van der Waals surface area contributed by atoms with Gasteiger partial charge in [0.15, 0.2) is 27.3 Å². The first-order chi connectivity index (χ1) is 13.5. The van der Waals surface area contributed by atoms with Crippen LogP contribution in [0.5, 0.6) is 11.5 Å². The molecule has 8 heteroatoms. The summed E-state index contributed by atoms with van der Waals surface area (Å²) in [5.74, 6) is 1.91. The number of ether oxygens (including phenoxy) is 2. The van der Waals surface area contributed by atoms with Gasteiger partial charge < -0.3 is 20.1 Å². The molecule has 0 aromatic heterocycles. The van der Waals surface area contributed by atoms with Crippen molar-refractivity contribution in [1.29, 1.82) is 0 Å². The Morgan fingerprint density at radius 1 is 1.11 bits per heavy atom. The predicted octanol–water partition coefficient (Wildman–Crippen LogP) is 2.95. The molecule has 0 amide bonds. The highest BCUT2D eigenvalue weighted by atomic mass is 32.2. The van der Waals surface area contributed by atoms with Crippen LogP contribution in [0.25, 0.3) is 0 Å². The summed E-state index contributed by atoms with van der Waals surface area (Å²) in [5, 5.41) is 6.29. The average Bonchev–Trinajstić information content (AvgIpc) is 2.71. The Morgan fingerprint density at radius 2 is 1.86 bits per heavy atom. The first-order valence-electron chi connectivity index (χ1n) is 9.06. The van der Waals surface area contributed by atoms with Gasteiger partial charge in [-0.2, -0.15) is 0 Å². The number of nitrogens with one attached hydrogen (secondary N) is 2. The largest absolute Gasteiger partial charge is 0.493 e. The van der Waals surface area contributed by atoms with Gasteiger partial charge in [-0.25, -0.2) is 8.42 Å². The third-order valence-corrected chi connectivity index (χ3v) is 5.75. The fourth-order valence-electron chi connectivity index (χ4n) is 2.55. The third kappa shape index (κ3) is 6.16. The summed E-state index contributed by atoms with van der Waals surface area (Å²) in [7, 11) is -0.0262. The molecule has 152 valence electrons. The van der Waals surface area contributed by atoms with E-state index in [0.717, 1.165) is 5.69 Å². The number of methoxy groups -OCH3 is 1. The van der Waals surface area contributed by atoms with E-state index in [0.29, 0.717) is 41.9 Å². The molecule has 2 aromatic rings. The zero-order valence-corrected chi connectivity index (χ0v) is 17.3. The number of nitrogens with zero attached hydrogens (tertiary/aromatic N) is 1. The van der Waals surface area contributed by atoms with Crippen LogP contribution in [0.15, 0.2) is 58.4 Å². The lowest BCUT2D eigenvalue weighted by Crippen LogP contribution is -2.32. The maximum atomic E-state index is 12.3. The molecule has 0 atom stereocenters. The average molecular weight is 406 g/mol. The van der Waals surface area contributed by atoms with Gasteiger partial charge in [-0.3, -0.25) is 4.99 Å². The molecule has 7 nitrogen and oxygen atoms in total. The molecule has 0 saturated carbocycles. The fraction of sp³-hybridized carbons (Fsp3) is 0.350. The normalized spacial score (nSPS) is 11.8. The number of hydrogen-bond donors (Lipinski definition) is 2. The van der Waals surface area contributed by atoms with Crippen molar-refractivity contribution in [3.8, 4) is 11.5 Å². The van der Waals surface area contributed by atoms with Crippen molar-refractivity contribution in [3.05, 3.63) is 48.5 Å². The van der Waals surface area contributed by atoms with E-state index in [2.05, 4.69) is 15.6 Å². The number of hydrogen-bond acceptors (Lipinski definition) is 5. The van der Waals surface area contributed by atoms with Gasteiger partial charge >= 0.3 is 0 Å². The van der Waals surface area contributed by atoms with E-state index in [9.17, 15) is 8.42 Å². The highest BCUT2D eigenvalue weighted by Crippen LogP contribution is 2.30. The van der Waals surface area contributed by atoms with Crippen LogP contribution >= 0.6 is 0 Å². The Hall–Kier alpha value is -2.74. The van der Waals surface area contributed by atoms with Gasteiger partial charge in [0.1, 0.15) is 0 Å². The molecule has 2 N–H and O–H groups in total. The minimum atomic E-state index is -3.27. The van der Waals surface area contributed by atoms with Crippen LogP contribution in [0.2, 0.25) is 0 Å². The van der Waals surface area contributed by atoms with Crippen molar-refractivity contribution >= 4 is 21.5 Å². The van der Waals surface area contributed by atoms with Crippen LogP contribution in [-0.2, 0) is 9.84 Å². The minimum absolute atomic E-state index is 0.0675. The van der Waals surface area contributed by atoms with Gasteiger partial charge in [0.2, 0.25) is 0 Å². The van der Waals surface area contributed by atoms with Gasteiger partial charge in [-0.1, -0.05) is 18.2 Å². The van der Waals surface area contributed by atoms with E-state index in [1.807, 2.05) is 25.1 Å². The number of benzene rings is 2. The summed E-state index contributed by atoms with van der Waals surface area (Å²) in [4.78, 5) is 4.51. The molecule has 0 fully saturated rings. The van der Waals surface area contributed by atoms with Crippen molar-refractivity contribution < 1.29 is 17.9 Å². The minimum Gasteiger partial charge on any atom is -0.493 e. The lowest BCUT2D eigenvalue weighted by atomic mass is 10.2.